The number of carbonyl (C=O) groups is 1. The van der Waals surface area contributed by atoms with Crippen LogP contribution in [0.5, 0.6) is 5.75 Å². The molecule has 0 fully saturated rings. The number of fused-ring (bicyclic) bond motifs is 2. The Labute approximate surface area is 151 Å². The molecule has 4 nitrogen and oxygen atoms in total. The third-order valence-corrected chi connectivity index (χ3v) is 4.91. The van der Waals surface area contributed by atoms with Gasteiger partial charge in [-0.25, -0.2) is 4.39 Å². The largest absolute Gasteiger partial charge is 0.490 e. The Morgan fingerprint density at radius 3 is 2.88 bits per heavy atom. The summed E-state index contributed by atoms with van der Waals surface area (Å²) in [4.78, 5) is 14.7. The average molecular weight is 353 g/mol. The minimum absolute atomic E-state index is 0.0677. The van der Waals surface area contributed by atoms with E-state index in [2.05, 4.69) is 0 Å². The number of carbonyl (C=O) groups excluding carboxylic acids is 1. The molecule has 2 aliphatic rings. The molecule has 0 saturated carbocycles. The maximum absolute atomic E-state index is 13.3. The van der Waals surface area contributed by atoms with E-state index in [1.165, 1.54) is 12.1 Å². The van der Waals surface area contributed by atoms with Crippen molar-refractivity contribution in [2.45, 2.75) is 25.0 Å². The molecule has 0 aliphatic carbocycles. The summed E-state index contributed by atoms with van der Waals surface area (Å²) in [5.74, 6) is 0.0215. The van der Waals surface area contributed by atoms with Crippen LogP contribution in [0.3, 0.4) is 0 Å². The Kier molecular flexibility index (Phi) is 4.04. The van der Waals surface area contributed by atoms with Crippen LogP contribution in [0.2, 0.25) is 0 Å². The minimum atomic E-state index is -1.01. The normalized spacial score (nSPS) is 24.6. The summed E-state index contributed by atoms with van der Waals surface area (Å²) in [5, 5.41) is 0. The van der Waals surface area contributed by atoms with Crippen molar-refractivity contribution in [2.24, 2.45) is 0 Å². The lowest BCUT2D eigenvalue weighted by Gasteiger charge is -2.36. The van der Waals surface area contributed by atoms with Gasteiger partial charge >= 0.3 is 0 Å². The van der Waals surface area contributed by atoms with E-state index in [0.29, 0.717) is 12.2 Å². The van der Waals surface area contributed by atoms with Crippen molar-refractivity contribution in [1.82, 2.24) is 0 Å². The summed E-state index contributed by atoms with van der Waals surface area (Å²) in [6.07, 6.45) is 2.10. The van der Waals surface area contributed by atoms with Crippen molar-refractivity contribution in [3.05, 3.63) is 71.6 Å². The molecule has 2 atom stereocenters. The van der Waals surface area contributed by atoms with E-state index in [9.17, 15) is 9.18 Å². The molecule has 0 radical (unpaired) electrons. The zero-order chi connectivity index (χ0) is 18.3. The highest BCUT2D eigenvalue weighted by Gasteiger charge is 2.53. The second kappa shape index (κ2) is 6.25. The summed E-state index contributed by atoms with van der Waals surface area (Å²) < 4.78 is 25.3. The molecule has 2 aliphatic heterocycles. The smallest absolute Gasteiger partial charge is 0.264 e. The lowest BCUT2D eigenvalue weighted by atomic mass is 9.85. The Morgan fingerprint density at radius 2 is 2.08 bits per heavy atom. The summed E-state index contributed by atoms with van der Waals surface area (Å²) >= 11 is 0. The third kappa shape index (κ3) is 2.69. The Hall–Kier alpha value is -2.66. The zero-order valence-corrected chi connectivity index (χ0v) is 14.7. The number of nitrogens with zero attached hydrogens (tertiary/aromatic N) is 1. The fourth-order valence-electron chi connectivity index (χ4n) is 3.81. The third-order valence-electron chi connectivity index (χ3n) is 4.91. The van der Waals surface area contributed by atoms with Crippen LogP contribution in [0.15, 0.2) is 60.2 Å². The number of rotatable bonds is 3. The number of hydrogen-bond acceptors (Lipinski definition) is 3. The van der Waals surface area contributed by atoms with Crippen molar-refractivity contribution in [3.63, 3.8) is 0 Å². The molecule has 4 rings (SSSR count). The molecule has 0 aromatic heterocycles. The molecule has 2 aromatic carbocycles. The van der Waals surface area contributed by atoms with Crippen LogP contribution < -0.4 is 9.64 Å². The predicted octanol–water partition coefficient (Wildman–Crippen LogP) is 3.81. The van der Waals surface area contributed by atoms with Crippen molar-refractivity contribution in [1.29, 1.82) is 0 Å². The number of ether oxygens (including phenoxy) is 2. The maximum Gasteiger partial charge on any atom is 0.264 e. The summed E-state index contributed by atoms with van der Waals surface area (Å²) in [6, 6.07) is 13.7. The Morgan fingerprint density at radius 1 is 1.27 bits per heavy atom. The predicted molar refractivity (Wildman–Crippen MR) is 96.7 cm³/mol. The van der Waals surface area contributed by atoms with Gasteiger partial charge in [0.05, 0.1) is 5.69 Å². The second-order valence-corrected chi connectivity index (χ2v) is 6.82. The van der Waals surface area contributed by atoms with Crippen LogP contribution in [0.4, 0.5) is 10.1 Å². The van der Waals surface area contributed by atoms with E-state index in [0.717, 1.165) is 16.8 Å². The summed E-state index contributed by atoms with van der Waals surface area (Å²) in [5.41, 5.74) is 1.82. The van der Waals surface area contributed by atoms with E-state index < -0.39 is 11.7 Å². The first-order valence-corrected chi connectivity index (χ1v) is 8.61. The molecule has 134 valence electrons. The van der Waals surface area contributed by atoms with Crippen LogP contribution in [0.25, 0.3) is 0 Å². The molecule has 2 aromatic rings. The van der Waals surface area contributed by atoms with Gasteiger partial charge in [0.15, 0.2) is 5.60 Å². The Bertz CT molecular complexity index is 894. The van der Waals surface area contributed by atoms with E-state index >= 15 is 0 Å². The number of hydrogen-bond donors (Lipinski definition) is 0. The van der Waals surface area contributed by atoms with Gasteiger partial charge in [-0.05, 0) is 25.1 Å². The fraction of sp³-hybridized carbons (Fsp3) is 0.286. The number of likely N-dealkylation sites (N-methyl/N-ethyl adjacent to an activating group) is 1. The number of anilines is 1. The lowest BCUT2D eigenvalue weighted by molar-refractivity contribution is -0.153. The van der Waals surface area contributed by atoms with Crippen molar-refractivity contribution in [3.8, 4) is 5.75 Å². The van der Waals surface area contributed by atoms with E-state index in [-0.39, 0.29) is 18.3 Å². The molecule has 0 bridgehead atoms. The van der Waals surface area contributed by atoms with Crippen molar-refractivity contribution in [2.75, 3.05) is 18.6 Å². The zero-order valence-electron chi connectivity index (χ0n) is 14.7. The molecule has 0 unspecified atom stereocenters. The molecule has 5 heteroatoms. The van der Waals surface area contributed by atoms with Crippen LogP contribution in [-0.4, -0.2) is 25.7 Å². The van der Waals surface area contributed by atoms with Gasteiger partial charge in [-0.1, -0.05) is 35.9 Å². The first-order chi connectivity index (χ1) is 12.5. The number of halogens is 1. The quantitative estimate of drug-likeness (QED) is 0.788. The first-order valence-electron chi connectivity index (χ1n) is 8.61. The molecule has 1 spiro atoms. The van der Waals surface area contributed by atoms with Crippen LogP contribution in [-0.2, 0) is 15.1 Å². The minimum Gasteiger partial charge on any atom is -0.490 e. The standard InChI is InChI=1S/C21H20FNO3/c1-14-10-17(13-25-16-7-5-6-15(22)11-16)26-21(12-14)18-8-3-4-9-19(18)23(2)20(21)24/h3-11,17H,12-13H2,1-2H3/t17-,21+/m0/s1. The first kappa shape index (κ1) is 16.8. The average Bonchev–Trinajstić information content (AvgIpc) is 2.82. The number of benzene rings is 2. The number of amides is 1. The van der Waals surface area contributed by atoms with Crippen molar-refractivity contribution >= 4 is 11.6 Å². The van der Waals surface area contributed by atoms with Crippen LogP contribution >= 0.6 is 0 Å². The summed E-state index contributed by atoms with van der Waals surface area (Å²) in [6.45, 7) is 2.20. The van der Waals surface area contributed by atoms with Gasteiger partial charge in [0.25, 0.3) is 5.91 Å². The van der Waals surface area contributed by atoms with Gasteiger partial charge in [0.2, 0.25) is 0 Å². The fourth-order valence-corrected chi connectivity index (χ4v) is 3.81. The molecule has 0 N–H and O–H groups in total. The monoisotopic (exact) mass is 353 g/mol. The van der Waals surface area contributed by atoms with Gasteiger partial charge in [-0.3, -0.25) is 4.79 Å². The topological polar surface area (TPSA) is 38.8 Å². The SMILES string of the molecule is CC1=C[C@@H](COc2cccc(F)c2)O[C@@]2(C1)C(=O)N(C)c1ccccc12. The van der Waals surface area contributed by atoms with E-state index in [1.54, 1.807) is 24.1 Å². The van der Waals surface area contributed by atoms with Gasteiger partial charge in [0, 0.05) is 25.1 Å². The second-order valence-electron chi connectivity index (χ2n) is 6.82. The van der Waals surface area contributed by atoms with Gasteiger partial charge < -0.3 is 14.4 Å². The van der Waals surface area contributed by atoms with Gasteiger partial charge in [-0.2, -0.15) is 0 Å². The highest BCUT2D eigenvalue weighted by molar-refractivity contribution is 6.07. The van der Waals surface area contributed by atoms with E-state index in [1.807, 2.05) is 37.3 Å². The lowest BCUT2D eigenvalue weighted by Crippen LogP contribution is -2.46. The molecule has 2 heterocycles. The van der Waals surface area contributed by atoms with Gasteiger partial charge in [0.1, 0.15) is 24.3 Å². The van der Waals surface area contributed by atoms with Gasteiger partial charge in [-0.15, -0.1) is 0 Å². The molecule has 0 saturated heterocycles. The Balaban J connectivity index is 1.61. The van der Waals surface area contributed by atoms with E-state index in [4.69, 9.17) is 9.47 Å². The molecule has 1 amide bonds. The van der Waals surface area contributed by atoms with Crippen LogP contribution in [0.1, 0.15) is 18.9 Å². The number of para-hydroxylation sites is 1. The molecular formula is C21H20FNO3. The molecular weight excluding hydrogens is 333 g/mol. The molecule has 26 heavy (non-hydrogen) atoms. The summed E-state index contributed by atoms with van der Waals surface area (Å²) in [7, 11) is 1.77. The van der Waals surface area contributed by atoms with Crippen LogP contribution in [0, 0.1) is 5.82 Å². The highest BCUT2D eigenvalue weighted by atomic mass is 19.1. The highest BCUT2D eigenvalue weighted by Crippen LogP contribution is 2.48. The van der Waals surface area contributed by atoms with Crippen molar-refractivity contribution < 1.29 is 18.7 Å². The maximum atomic E-state index is 13.3.